The number of piperidine rings is 1. The van der Waals surface area contributed by atoms with Gasteiger partial charge in [0.05, 0.1) is 6.04 Å². The maximum absolute atomic E-state index is 11.5. The summed E-state index contributed by atoms with van der Waals surface area (Å²) in [6, 6.07) is 10.5. The van der Waals surface area contributed by atoms with Gasteiger partial charge in [-0.2, -0.15) is 0 Å². The van der Waals surface area contributed by atoms with Crippen molar-refractivity contribution >= 4 is 5.91 Å². The first-order valence-corrected chi connectivity index (χ1v) is 8.69. The van der Waals surface area contributed by atoms with Crippen LogP contribution in [-0.4, -0.2) is 48.4 Å². The van der Waals surface area contributed by atoms with Crippen molar-refractivity contribution in [2.45, 2.75) is 45.7 Å². The van der Waals surface area contributed by atoms with E-state index >= 15 is 0 Å². The summed E-state index contributed by atoms with van der Waals surface area (Å²) < 4.78 is 0. The number of benzene rings is 1. The highest BCUT2D eigenvalue weighted by Crippen LogP contribution is 2.32. The Hall–Kier alpha value is -1.39. The summed E-state index contributed by atoms with van der Waals surface area (Å²) in [4.78, 5) is 16.2. The summed E-state index contributed by atoms with van der Waals surface area (Å²) >= 11 is 0. The summed E-state index contributed by atoms with van der Waals surface area (Å²) in [6.45, 7) is 8.58. The van der Waals surface area contributed by atoms with Crippen molar-refractivity contribution in [3.8, 4) is 0 Å². The number of rotatable bonds is 7. The van der Waals surface area contributed by atoms with E-state index in [0.29, 0.717) is 0 Å². The molecule has 1 aliphatic rings. The molecule has 4 nitrogen and oxygen atoms in total. The van der Waals surface area contributed by atoms with Crippen LogP contribution in [0.15, 0.2) is 30.3 Å². The summed E-state index contributed by atoms with van der Waals surface area (Å²) in [5.74, 6) is -0.208. The zero-order valence-electron chi connectivity index (χ0n) is 14.8. The number of carbonyl (C=O) groups is 1. The zero-order valence-corrected chi connectivity index (χ0v) is 14.8. The number of likely N-dealkylation sites (N-methyl/N-ethyl adjacent to an activating group) is 1. The molecule has 1 aromatic carbocycles. The van der Waals surface area contributed by atoms with Crippen LogP contribution in [0, 0.1) is 5.41 Å². The third-order valence-corrected chi connectivity index (χ3v) is 5.19. The molecule has 1 aromatic rings. The number of primary amides is 1. The third-order valence-electron chi connectivity index (χ3n) is 5.19. The molecule has 1 heterocycles. The Morgan fingerprint density at radius 1 is 1.30 bits per heavy atom. The quantitative estimate of drug-likeness (QED) is 0.840. The molecule has 0 aromatic heterocycles. The van der Waals surface area contributed by atoms with Gasteiger partial charge in [0.1, 0.15) is 0 Å². The smallest absolute Gasteiger partial charge is 0.234 e. The van der Waals surface area contributed by atoms with Crippen molar-refractivity contribution in [2.75, 3.05) is 26.7 Å². The lowest BCUT2D eigenvalue weighted by molar-refractivity contribution is -0.123. The minimum absolute atomic E-state index is 0.144. The number of nitrogens with two attached hydrogens (primary N) is 1. The Kier molecular flexibility index (Phi) is 6.19. The molecule has 1 unspecified atom stereocenters. The van der Waals surface area contributed by atoms with Crippen molar-refractivity contribution in [1.82, 2.24) is 9.80 Å². The first-order valence-electron chi connectivity index (χ1n) is 8.69. The molecule has 1 amide bonds. The maximum Gasteiger partial charge on any atom is 0.234 e. The van der Waals surface area contributed by atoms with E-state index in [1.807, 2.05) is 14.0 Å². The van der Waals surface area contributed by atoms with E-state index in [1.54, 1.807) is 0 Å². The summed E-state index contributed by atoms with van der Waals surface area (Å²) in [6.07, 6.45) is 3.11. The first kappa shape index (κ1) is 18.0. The molecular weight excluding hydrogens is 286 g/mol. The van der Waals surface area contributed by atoms with Crippen LogP contribution in [0.3, 0.4) is 0 Å². The predicted molar refractivity (Wildman–Crippen MR) is 95.0 cm³/mol. The van der Waals surface area contributed by atoms with Crippen LogP contribution in [0.4, 0.5) is 0 Å². The molecule has 1 atom stereocenters. The van der Waals surface area contributed by atoms with E-state index in [-0.39, 0.29) is 17.4 Å². The van der Waals surface area contributed by atoms with Gasteiger partial charge >= 0.3 is 0 Å². The SMILES string of the molecule is CCC(C(N)=O)N(C)CC1(C)CCN(Cc2ccccc2)CC1. The average molecular weight is 317 g/mol. The lowest BCUT2D eigenvalue weighted by Gasteiger charge is -2.42. The van der Waals surface area contributed by atoms with Gasteiger partial charge in [0.15, 0.2) is 0 Å². The van der Waals surface area contributed by atoms with Crippen LogP contribution in [-0.2, 0) is 11.3 Å². The fraction of sp³-hybridized carbons (Fsp3) is 0.632. The van der Waals surface area contributed by atoms with Gasteiger partial charge in [0, 0.05) is 13.1 Å². The molecule has 1 fully saturated rings. The van der Waals surface area contributed by atoms with Crippen molar-refractivity contribution in [3.63, 3.8) is 0 Å². The van der Waals surface area contributed by atoms with E-state index in [1.165, 1.54) is 18.4 Å². The second-order valence-electron chi connectivity index (χ2n) is 7.31. The Labute approximate surface area is 140 Å². The third kappa shape index (κ3) is 5.05. The van der Waals surface area contributed by atoms with Crippen molar-refractivity contribution in [1.29, 1.82) is 0 Å². The normalized spacial score (nSPS) is 19.7. The Morgan fingerprint density at radius 2 is 1.91 bits per heavy atom. The fourth-order valence-corrected chi connectivity index (χ4v) is 3.69. The molecule has 1 saturated heterocycles. The molecule has 2 rings (SSSR count). The molecule has 2 N–H and O–H groups in total. The van der Waals surface area contributed by atoms with Crippen molar-refractivity contribution in [3.05, 3.63) is 35.9 Å². The first-order chi connectivity index (χ1) is 10.9. The van der Waals surface area contributed by atoms with Crippen LogP contribution in [0.5, 0.6) is 0 Å². The predicted octanol–water partition coefficient (Wildman–Crippen LogP) is 2.48. The maximum atomic E-state index is 11.5. The average Bonchev–Trinajstić information content (AvgIpc) is 2.51. The highest BCUT2D eigenvalue weighted by atomic mass is 16.1. The standard InChI is InChI=1S/C19H31N3O/c1-4-17(18(20)23)21(3)15-19(2)10-12-22(13-11-19)14-16-8-6-5-7-9-16/h5-9,17H,4,10-15H2,1-3H3,(H2,20,23). The van der Waals surface area contributed by atoms with Gasteiger partial charge in [0.25, 0.3) is 0 Å². The summed E-state index contributed by atoms with van der Waals surface area (Å²) in [5, 5.41) is 0. The van der Waals surface area contributed by atoms with E-state index in [4.69, 9.17) is 5.73 Å². The van der Waals surface area contributed by atoms with Crippen LogP contribution in [0.2, 0.25) is 0 Å². The molecule has 0 spiro atoms. The minimum atomic E-state index is -0.208. The monoisotopic (exact) mass is 317 g/mol. The number of hydrogen-bond acceptors (Lipinski definition) is 3. The van der Waals surface area contributed by atoms with Gasteiger partial charge in [-0.1, -0.05) is 44.2 Å². The van der Waals surface area contributed by atoms with Gasteiger partial charge < -0.3 is 5.73 Å². The molecule has 4 heteroatoms. The molecule has 0 aliphatic carbocycles. The second kappa shape index (κ2) is 7.93. The molecule has 23 heavy (non-hydrogen) atoms. The fourth-order valence-electron chi connectivity index (χ4n) is 3.69. The van der Waals surface area contributed by atoms with E-state index in [9.17, 15) is 4.79 Å². The molecule has 0 saturated carbocycles. The number of amides is 1. The topological polar surface area (TPSA) is 49.6 Å². The largest absolute Gasteiger partial charge is 0.368 e. The highest BCUT2D eigenvalue weighted by molar-refractivity contribution is 5.79. The van der Waals surface area contributed by atoms with Gasteiger partial charge in [-0.15, -0.1) is 0 Å². The lowest BCUT2D eigenvalue weighted by Crippen LogP contribution is -2.49. The Balaban J connectivity index is 1.85. The van der Waals surface area contributed by atoms with Gasteiger partial charge in [-0.3, -0.25) is 14.6 Å². The zero-order chi connectivity index (χ0) is 16.9. The van der Waals surface area contributed by atoms with E-state index < -0.39 is 0 Å². The summed E-state index contributed by atoms with van der Waals surface area (Å²) in [7, 11) is 2.03. The number of carbonyl (C=O) groups excluding carboxylic acids is 1. The number of hydrogen-bond donors (Lipinski definition) is 1. The van der Waals surface area contributed by atoms with Crippen molar-refractivity contribution in [2.24, 2.45) is 11.1 Å². The van der Waals surface area contributed by atoms with Gasteiger partial charge in [-0.25, -0.2) is 0 Å². The number of likely N-dealkylation sites (tertiary alicyclic amines) is 1. The van der Waals surface area contributed by atoms with E-state index in [0.717, 1.165) is 32.6 Å². The Morgan fingerprint density at radius 3 is 2.43 bits per heavy atom. The van der Waals surface area contributed by atoms with Crippen LogP contribution in [0.25, 0.3) is 0 Å². The second-order valence-corrected chi connectivity index (χ2v) is 7.31. The van der Waals surface area contributed by atoms with Gasteiger partial charge in [-0.05, 0) is 50.4 Å². The molecule has 128 valence electrons. The molecular formula is C19H31N3O. The van der Waals surface area contributed by atoms with Gasteiger partial charge in [0.2, 0.25) is 5.91 Å². The van der Waals surface area contributed by atoms with E-state index in [2.05, 4.69) is 47.1 Å². The van der Waals surface area contributed by atoms with Crippen LogP contribution in [0.1, 0.15) is 38.7 Å². The lowest BCUT2D eigenvalue weighted by atomic mass is 9.79. The van der Waals surface area contributed by atoms with Crippen LogP contribution < -0.4 is 5.73 Å². The Bertz CT molecular complexity index is 495. The number of nitrogens with zero attached hydrogens (tertiary/aromatic N) is 2. The van der Waals surface area contributed by atoms with Crippen LogP contribution >= 0.6 is 0 Å². The molecule has 1 aliphatic heterocycles. The molecule has 0 radical (unpaired) electrons. The highest BCUT2D eigenvalue weighted by Gasteiger charge is 2.33. The van der Waals surface area contributed by atoms with Crippen molar-refractivity contribution < 1.29 is 4.79 Å². The summed E-state index contributed by atoms with van der Waals surface area (Å²) in [5.41, 5.74) is 7.17. The minimum Gasteiger partial charge on any atom is -0.368 e. The molecule has 0 bridgehead atoms.